The van der Waals surface area contributed by atoms with Crippen LogP contribution in [0.15, 0.2) is 29.8 Å². The van der Waals surface area contributed by atoms with Gasteiger partial charge in [-0.2, -0.15) is 0 Å². The quantitative estimate of drug-likeness (QED) is 0.315. The maximum atomic E-state index is 13.6. The van der Waals surface area contributed by atoms with Crippen molar-refractivity contribution in [1.82, 2.24) is 9.80 Å². The van der Waals surface area contributed by atoms with Crippen molar-refractivity contribution in [3.05, 3.63) is 41.0 Å². The van der Waals surface area contributed by atoms with Gasteiger partial charge in [-0.1, -0.05) is 0 Å². The number of methoxy groups -OCH3 is 2. The van der Waals surface area contributed by atoms with Crippen LogP contribution in [0.4, 0.5) is 0 Å². The van der Waals surface area contributed by atoms with Crippen LogP contribution in [0.2, 0.25) is 0 Å². The van der Waals surface area contributed by atoms with Gasteiger partial charge in [0.15, 0.2) is 23.0 Å². The van der Waals surface area contributed by atoms with Gasteiger partial charge in [0.1, 0.15) is 5.76 Å². The zero-order chi connectivity index (χ0) is 27.1. The van der Waals surface area contributed by atoms with Crippen molar-refractivity contribution in [3.63, 3.8) is 0 Å². The van der Waals surface area contributed by atoms with Crippen LogP contribution in [0, 0.1) is 0 Å². The summed E-state index contributed by atoms with van der Waals surface area (Å²) in [5, 5.41) is 11.5. The van der Waals surface area contributed by atoms with E-state index in [-0.39, 0.29) is 37.2 Å². The fraction of sp³-hybridized carbons (Fsp3) is 0.407. The molecule has 0 bridgehead atoms. The van der Waals surface area contributed by atoms with E-state index in [4.69, 9.17) is 33.2 Å². The zero-order valence-electron chi connectivity index (χ0n) is 21.6. The monoisotopic (exact) mass is 540 g/mol. The Morgan fingerprint density at radius 3 is 2.46 bits per heavy atom. The van der Waals surface area contributed by atoms with Gasteiger partial charge in [0, 0.05) is 37.3 Å². The van der Waals surface area contributed by atoms with Crippen LogP contribution in [0.3, 0.4) is 0 Å². The summed E-state index contributed by atoms with van der Waals surface area (Å²) in [4.78, 5) is 30.7. The first-order valence-electron chi connectivity index (χ1n) is 12.5. The number of fused-ring (bicyclic) bond motifs is 2. The van der Waals surface area contributed by atoms with Gasteiger partial charge in [0.25, 0.3) is 11.7 Å². The molecule has 12 nitrogen and oxygen atoms in total. The molecular formula is C27H28N2O10. The minimum absolute atomic E-state index is 0.0417. The highest BCUT2D eigenvalue weighted by atomic mass is 16.7. The van der Waals surface area contributed by atoms with Gasteiger partial charge in [-0.05, 0) is 24.3 Å². The second-order valence-electron chi connectivity index (χ2n) is 9.28. The summed E-state index contributed by atoms with van der Waals surface area (Å²) in [5.74, 6) is 0.362. The Morgan fingerprint density at radius 2 is 1.69 bits per heavy atom. The number of nitrogens with zero attached hydrogens (tertiary/aromatic N) is 2. The lowest BCUT2D eigenvalue weighted by molar-refractivity contribution is -0.140. The van der Waals surface area contributed by atoms with Crippen molar-refractivity contribution in [2.45, 2.75) is 6.04 Å². The number of carbonyl (C=O) groups excluding carboxylic acids is 2. The molecule has 2 aromatic rings. The maximum absolute atomic E-state index is 13.6. The lowest BCUT2D eigenvalue weighted by Crippen LogP contribution is -2.42. The molecule has 12 heteroatoms. The third-order valence-electron chi connectivity index (χ3n) is 7.26. The van der Waals surface area contributed by atoms with E-state index in [0.717, 1.165) is 0 Å². The summed E-state index contributed by atoms with van der Waals surface area (Å²) in [6.07, 6.45) is 0. The molecule has 0 aromatic heterocycles. The number of aliphatic hydroxyl groups is 1. The highest BCUT2D eigenvalue weighted by Gasteiger charge is 2.48. The number of hydrogen-bond donors (Lipinski definition) is 1. The van der Waals surface area contributed by atoms with E-state index in [9.17, 15) is 14.7 Å². The SMILES string of the molecule is COc1cc([C@H]2C(=C(O)c3ccc4c(c3)OCO4)C(=O)C(=O)N2CCN2CCOCC2)c(OC)c2c1OCO2. The molecule has 6 rings (SSSR count). The summed E-state index contributed by atoms with van der Waals surface area (Å²) < 4.78 is 38.8. The summed E-state index contributed by atoms with van der Waals surface area (Å²) >= 11 is 0. The van der Waals surface area contributed by atoms with Crippen molar-refractivity contribution in [3.8, 4) is 34.5 Å². The number of rotatable bonds is 7. The van der Waals surface area contributed by atoms with Gasteiger partial charge in [-0.25, -0.2) is 0 Å². The van der Waals surface area contributed by atoms with Gasteiger partial charge in [-0.3, -0.25) is 14.5 Å². The third kappa shape index (κ3) is 4.25. The third-order valence-corrected chi connectivity index (χ3v) is 7.26. The van der Waals surface area contributed by atoms with E-state index in [2.05, 4.69) is 4.90 Å². The maximum Gasteiger partial charge on any atom is 0.295 e. The molecule has 206 valence electrons. The zero-order valence-corrected chi connectivity index (χ0v) is 21.6. The molecule has 0 unspecified atom stereocenters. The average molecular weight is 541 g/mol. The molecule has 1 atom stereocenters. The average Bonchev–Trinajstić information content (AvgIpc) is 3.70. The second-order valence-corrected chi connectivity index (χ2v) is 9.28. The molecule has 0 spiro atoms. The standard InChI is InChI=1S/C27H28N2O10/c1-33-19-12-16(24(34-2)26-25(19)38-14-39-26)21-20(22(30)15-3-4-17-18(11-15)37-13-36-17)23(31)27(32)29(21)6-5-28-7-9-35-10-8-28/h3-4,11-12,21,30H,5-10,13-14H2,1-2H3/t21-/m0/s1. The molecule has 4 aliphatic heterocycles. The molecule has 2 saturated heterocycles. The summed E-state index contributed by atoms with van der Waals surface area (Å²) in [5.41, 5.74) is 0.643. The molecule has 4 aliphatic rings. The number of aliphatic hydroxyl groups excluding tert-OH is 1. The lowest BCUT2D eigenvalue weighted by atomic mass is 9.93. The van der Waals surface area contributed by atoms with Crippen molar-refractivity contribution < 1.29 is 47.9 Å². The van der Waals surface area contributed by atoms with Crippen molar-refractivity contribution in [2.75, 3.05) is 67.2 Å². The Balaban J connectivity index is 1.49. The Labute approximate surface area is 224 Å². The minimum atomic E-state index is -0.991. The van der Waals surface area contributed by atoms with Crippen LogP contribution in [-0.2, 0) is 14.3 Å². The Bertz CT molecular complexity index is 1350. The van der Waals surface area contributed by atoms with Crippen molar-refractivity contribution in [2.24, 2.45) is 0 Å². The molecule has 0 aliphatic carbocycles. The van der Waals surface area contributed by atoms with Gasteiger partial charge >= 0.3 is 0 Å². The normalized spacial score (nSPS) is 21.5. The molecule has 2 fully saturated rings. The number of morpholine rings is 1. The van der Waals surface area contributed by atoms with Gasteiger partial charge in [0.2, 0.25) is 25.1 Å². The van der Waals surface area contributed by atoms with Crippen LogP contribution < -0.4 is 28.4 Å². The predicted octanol–water partition coefficient (Wildman–Crippen LogP) is 1.92. The lowest BCUT2D eigenvalue weighted by Gasteiger charge is -2.31. The van der Waals surface area contributed by atoms with Crippen molar-refractivity contribution in [1.29, 1.82) is 0 Å². The first kappa shape index (κ1) is 25.1. The van der Waals surface area contributed by atoms with Gasteiger partial charge in [-0.15, -0.1) is 0 Å². The first-order chi connectivity index (χ1) is 19.0. The molecule has 2 aromatic carbocycles. The van der Waals surface area contributed by atoms with Crippen LogP contribution in [0.1, 0.15) is 17.2 Å². The van der Waals surface area contributed by atoms with E-state index in [1.807, 2.05) is 0 Å². The molecule has 39 heavy (non-hydrogen) atoms. The summed E-state index contributed by atoms with van der Waals surface area (Å²) in [7, 11) is 2.94. The van der Waals surface area contributed by atoms with Gasteiger partial charge < -0.3 is 43.2 Å². The smallest absolute Gasteiger partial charge is 0.295 e. The number of Topliss-reactive ketones (excluding diaryl/α,β-unsaturated/α-hetero) is 1. The Morgan fingerprint density at radius 1 is 0.949 bits per heavy atom. The molecule has 0 saturated carbocycles. The second kappa shape index (κ2) is 10.2. The van der Waals surface area contributed by atoms with E-state index in [1.54, 1.807) is 24.3 Å². The molecule has 0 radical (unpaired) electrons. The topological polar surface area (TPSA) is 125 Å². The van der Waals surface area contributed by atoms with E-state index < -0.39 is 17.7 Å². The van der Waals surface area contributed by atoms with E-state index >= 15 is 0 Å². The fourth-order valence-corrected chi connectivity index (χ4v) is 5.31. The Kier molecular flexibility index (Phi) is 6.57. The van der Waals surface area contributed by atoms with Gasteiger partial charge in [0.05, 0.1) is 39.0 Å². The minimum Gasteiger partial charge on any atom is -0.507 e. The van der Waals surface area contributed by atoms with Crippen LogP contribution in [0.5, 0.6) is 34.5 Å². The largest absolute Gasteiger partial charge is 0.507 e. The highest BCUT2D eigenvalue weighted by molar-refractivity contribution is 6.46. The molecule has 1 N–H and O–H groups in total. The van der Waals surface area contributed by atoms with Crippen LogP contribution in [0.25, 0.3) is 5.76 Å². The summed E-state index contributed by atoms with van der Waals surface area (Å²) in [6.45, 7) is 3.38. The number of likely N-dealkylation sites (tertiary alicyclic amines) is 1. The number of ether oxygens (including phenoxy) is 7. The van der Waals surface area contributed by atoms with E-state index in [0.29, 0.717) is 72.7 Å². The number of carbonyl (C=O) groups is 2. The molecule has 1 amide bonds. The van der Waals surface area contributed by atoms with Crippen molar-refractivity contribution >= 4 is 17.4 Å². The fourth-order valence-electron chi connectivity index (χ4n) is 5.31. The Hall–Kier alpha value is -4.16. The van der Waals surface area contributed by atoms with Crippen LogP contribution in [-0.4, -0.2) is 93.8 Å². The first-order valence-corrected chi connectivity index (χ1v) is 12.5. The predicted molar refractivity (Wildman–Crippen MR) is 135 cm³/mol. The number of benzene rings is 2. The number of amides is 1. The number of hydrogen-bond acceptors (Lipinski definition) is 11. The molecule has 4 heterocycles. The molecular weight excluding hydrogens is 512 g/mol. The van der Waals surface area contributed by atoms with Crippen LogP contribution >= 0.6 is 0 Å². The highest BCUT2D eigenvalue weighted by Crippen LogP contribution is 2.54. The van der Waals surface area contributed by atoms with E-state index in [1.165, 1.54) is 19.1 Å². The summed E-state index contributed by atoms with van der Waals surface area (Å²) in [6, 6.07) is 5.49. The number of ketones is 1.